The molecular formula is C11H18O3. The van der Waals surface area contributed by atoms with Crippen molar-refractivity contribution < 1.29 is 14.6 Å². The third kappa shape index (κ3) is 6.43. The number of hydrogen-bond donors (Lipinski definition) is 1. The van der Waals surface area contributed by atoms with Crippen LogP contribution in [0.3, 0.4) is 0 Å². The molecule has 1 N–H and O–H groups in total. The highest BCUT2D eigenvalue weighted by Gasteiger charge is 2.04. The van der Waals surface area contributed by atoms with Crippen LogP contribution in [0.25, 0.3) is 0 Å². The Hall–Kier alpha value is -1.09. The molecule has 0 amide bonds. The Morgan fingerprint density at radius 2 is 2.07 bits per heavy atom. The molecule has 0 unspecified atom stereocenters. The smallest absolute Gasteiger partial charge is 0.302 e. The van der Waals surface area contributed by atoms with Crippen molar-refractivity contribution in [1.82, 2.24) is 0 Å². The quantitative estimate of drug-likeness (QED) is 0.541. The molecular weight excluding hydrogens is 180 g/mol. The van der Waals surface area contributed by atoms with E-state index in [4.69, 9.17) is 4.74 Å². The Balaban J connectivity index is 3.88. The van der Waals surface area contributed by atoms with Gasteiger partial charge in [-0.25, -0.2) is 0 Å². The van der Waals surface area contributed by atoms with Gasteiger partial charge in [-0.2, -0.15) is 0 Å². The molecule has 80 valence electrons. The average molecular weight is 198 g/mol. The van der Waals surface area contributed by atoms with E-state index < -0.39 is 6.10 Å². The van der Waals surface area contributed by atoms with Crippen LogP contribution in [0.2, 0.25) is 0 Å². The van der Waals surface area contributed by atoms with Crippen molar-refractivity contribution in [2.75, 3.05) is 6.61 Å². The molecule has 0 aromatic heterocycles. The monoisotopic (exact) mass is 198 g/mol. The predicted molar refractivity (Wildman–Crippen MR) is 55.8 cm³/mol. The van der Waals surface area contributed by atoms with E-state index in [9.17, 15) is 9.90 Å². The molecule has 0 aliphatic carbocycles. The van der Waals surface area contributed by atoms with E-state index in [0.717, 1.165) is 11.1 Å². The number of esters is 1. The summed E-state index contributed by atoms with van der Waals surface area (Å²) < 4.78 is 4.74. The maximum absolute atomic E-state index is 10.4. The molecule has 0 fully saturated rings. The van der Waals surface area contributed by atoms with Gasteiger partial charge in [0, 0.05) is 6.92 Å². The minimum absolute atomic E-state index is 0.268. The summed E-state index contributed by atoms with van der Waals surface area (Å²) in [6.07, 6.45) is 1.81. The van der Waals surface area contributed by atoms with Gasteiger partial charge < -0.3 is 9.84 Å². The second-order valence-corrected chi connectivity index (χ2v) is 3.42. The summed E-state index contributed by atoms with van der Waals surface area (Å²) in [5.41, 5.74) is 1.73. The van der Waals surface area contributed by atoms with E-state index in [1.54, 1.807) is 13.0 Å². The zero-order chi connectivity index (χ0) is 11.1. The Labute approximate surface area is 85.1 Å². The highest BCUT2D eigenvalue weighted by molar-refractivity contribution is 5.66. The molecule has 0 saturated heterocycles. The zero-order valence-corrected chi connectivity index (χ0v) is 9.04. The molecule has 0 bridgehead atoms. The van der Waals surface area contributed by atoms with Crippen molar-refractivity contribution in [3.05, 3.63) is 23.8 Å². The van der Waals surface area contributed by atoms with Gasteiger partial charge in [0.05, 0.1) is 6.10 Å². The lowest BCUT2D eigenvalue weighted by atomic mass is 10.1. The first-order valence-corrected chi connectivity index (χ1v) is 4.56. The fraction of sp³-hybridized carbons (Fsp3) is 0.545. The molecule has 0 heterocycles. The van der Waals surface area contributed by atoms with Crippen LogP contribution in [-0.2, 0) is 9.53 Å². The molecule has 0 aliphatic heterocycles. The zero-order valence-electron chi connectivity index (χ0n) is 9.04. The van der Waals surface area contributed by atoms with E-state index in [0.29, 0.717) is 6.42 Å². The molecule has 0 radical (unpaired) electrons. The van der Waals surface area contributed by atoms with Gasteiger partial charge in [-0.1, -0.05) is 17.7 Å². The molecule has 0 spiro atoms. The summed E-state index contributed by atoms with van der Waals surface area (Å²) in [5.74, 6) is -0.297. The van der Waals surface area contributed by atoms with E-state index in [1.165, 1.54) is 6.92 Å². The lowest BCUT2D eigenvalue weighted by molar-refractivity contribution is -0.139. The molecule has 0 saturated carbocycles. The van der Waals surface area contributed by atoms with Gasteiger partial charge >= 0.3 is 5.97 Å². The van der Waals surface area contributed by atoms with Crippen molar-refractivity contribution in [2.45, 2.75) is 33.3 Å². The minimum atomic E-state index is -0.511. The summed E-state index contributed by atoms with van der Waals surface area (Å²) >= 11 is 0. The van der Waals surface area contributed by atoms with Gasteiger partial charge in [0.2, 0.25) is 0 Å². The van der Waals surface area contributed by atoms with Crippen LogP contribution in [0.15, 0.2) is 23.8 Å². The molecule has 0 aliphatic rings. The number of aliphatic hydroxyl groups excluding tert-OH is 1. The van der Waals surface area contributed by atoms with Gasteiger partial charge in [0.15, 0.2) is 0 Å². The van der Waals surface area contributed by atoms with Crippen molar-refractivity contribution in [3.8, 4) is 0 Å². The van der Waals surface area contributed by atoms with Crippen LogP contribution in [-0.4, -0.2) is 23.8 Å². The van der Waals surface area contributed by atoms with Crippen LogP contribution < -0.4 is 0 Å². The minimum Gasteiger partial charge on any atom is -0.462 e. The summed E-state index contributed by atoms with van der Waals surface area (Å²) in [4.78, 5) is 10.4. The standard InChI is InChI=1S/C11H18O3/c1-8(2)11(13)7-9(3)5-6-14-10(4)12/h5,11,13H,1,6-7H2,2-4H3/b9-5+/t11-/m1/s1. The molecule has 3 heteroatoms. The summed E-state index contributed by atoms with van der Waals surface area (Å²) in [6.45, 7) is 8.96. The normalized spacial score (nSPS) is 13.6. The molecule has 0 rings (SSSR count). The Morgan fingerprint density at radius 3 is 2.50 bits per heavy atom. The van der Waals surface area contributed by atoms with Gasteiger partial charge in [-0.3, -0.25) is 4.79 Å². The Kier molecular flexibility index (Phi) is 5.88. The fourth-order valence-electron chi connectivity index (χ4n) is 0.864. The molecule has 1 atom stereocenters. The van der Waals surface area contributed by atoms with E-state index in [2.05, 4.69) is 6.58 Å². The van der Waals surface area contributed by atoms with Crippen molar-refractivity contribution in [1.29, 1.82) is 0 Å². The summed E-state index contributed by atoms with van der Waals surface area (Å²) in [6, 6.07) is 0. The largest absolute Gasteiger partial charge is 0.462 e. The topological polar surface area (TPSA) is 46.5 Å². The first-order valence-electron chi connectivity index (χ1n) is 4.56. The average Bonchev–Trinajstić information content (AvgIpc) is 2.02. The van der Waals surface area contributed by atoms with Crippen molar-refractivity contribution in [3.63, 3.8) is 0 Å². The molecule has 0 aromatic carbocycles. The second kappa shape index (κ2) is 6.38. The third-order valence-electron chi connectivity index (χ3n) is 1.80. The number of rotatable bonds is 5. The number of hydrogen-bond acceptors (Lipinski definition) is 3. The van der Waals surface area contributed by atoms with Gasteiger partial charge in [0.1, 0.15) is 6.61 Å². The molecule has 14 heavy (non-hydrogen) atoms. The van der Waals surface area contributed by atoms with E-state index in [1.807, 2.05) is 6.92 Å². The Bertz CT molecular complexity index is 241. The molecule has 0 aromatic rings. The number of carbonyl (C=O) groups excluding carboxylic acids is 1. The summed E-state index contributed by atoms with van der Waals surface area (Å²) in [7, 11) is 0. The number of aliphatic hydroxyl groups is 1. The van der Waals surface area contributed by atoms with Crippen molar-refractivity contribution in [2.24, 2.45) is 0 Å². The first kappa shape index (κ1) is 12.9. The predicted octanol–water partition coefficient (Wildman–Crippen LogP) is 1.82. The fourth-order valence-corrected chi connectivity index (χ4v) is 0.864. The van der Waals surface area contributed by atoms with Crippen LogP contribution in [0, 0.1) is 0 Å². The second-order valence-electron chi connectivity index (χ2n) is 3.42. The van der Waals surface area contributed by atoms with Crippen LogP contribution in [0.4, 0.5) is 0 Å². The first-order chi connectivity index (χ1) is 6.43. The van der Waals surface area contributed by atoms with Gasteiger partial charge in [-0.05, 0) is 26.3 Å². The van der Waals surface area contributed by atoms with Crippen LogP contribution >= 0.6 is 0 Å². The maximum atomic E-state index is 10.4. The lowest BCUT2D eigenvalue weighted by Gasteiger charge is -2.10. The van der Waals surface area contributed by atoms with Gasteiger partial charge in [-0.15, -0.1) is 0 Å². The maximum Gasteiger partial charge on any atom is 0.302 e. The van der Waals surface area contributed by atoms with Crippen LogP contribution in [0.5, 0.6) is 0 Å². The van der Waals surface area contributed by atoms with E-state index >= 15 is 0 Å². The van der Waals surface area contributed by atoms with Gasteiger partial charge in [0.25, 0.3) is 0 Å². The summed E-state index contributed by atoms with van der Waals surface area (Å²) in [5, 5.41) is 9.46. The van der Waals surface area contributed by atoms with E-state index in [-0.39, 0.29) is 12.6 Å². The van der Waals surface area contributed by atoms with Crippen molar-refractivity contribution >= 4 is 5.97 Å². The Morgan fingerprint density at radius 1 is 1.50 bits per heavy atom. The molecule has 3 nitrogen and oxygen atoms in total. The number of carbonyl (C=O) groups is 1. The highest BCUT2D eigenvalue weighted by Crippen LogP contribution is 2.10. The highest BCUT2D eigenvalue weighted by atomic mass is 16.5. The van der Waals surface area contributed by atoms with Crippen LogP contribution in [0.1, 0.15) is 27.2 Å². The number of ether oxygens (including phenoxy) is 1. The lowest BCUT2D eigenvalue weighted by Crippen LogP contribution is -2.08. The SMILES string of the molecule is C=C(C)[C@H](O)C/C(C)=C/COC(C)=O. The third-order valence-corrected chi connectivity index (χ3v) is 1.80.